The molecule has 0 saturated heterocycles. The summed E-state index contributed by atoms with van der Waals surface area (Å²) in [6, 6.07) is -0.822. The number of hydrogen-bond donors (Lipinski definition) is 2. The molecule has 12 heavy (non-hydrogen) atoms. The first-order valence-corrected chi connectivity index (χ1v) is 4.95. The Labute approximate surface area is 84.9 Å². The smallest absolute Gasteiger partial charge is 0.320 e. The molecule has 0 bridgehead atoms. The standard InChI is InChI=1S/C6H9Cl2NO2S/c7-3-5(8)12-2-1-4(9)6(10)11/h3-4H,1-2,9H2,(H,10,11)/b5-3+. The fraction of sp³-hybridized carbons (Fsp3) is 0.500. The van der Waals surface area contributed by atoms with Crippen LogP contribution >= 0.6 is 35.0 Å². The predicted octanol–water partition coefficient (Wildman–Crippen LogP) is 1.80. The van der Waals surface area contributed by atoms with E-state index in [0.29, 0.717) is 16.5 Å². The number of aliphatic carboxylic acids is 1. The van der Waals surface area contributed by atoms with Gasteiger partial charge in [-0.05, 0) is 6.42 Å². The number of nitrogens with two attached hydrogens (primary N) is 1. The highest BCUT2D eigenvalue weighted by atomic mass is 35.5. The summed E-state index contributed by atoms with van der Waals surface area (Å²) in [5, 5.41) is 8.40. The summed E-state index contributed by atoms with van der Waals surface area (Å²) in [5.74, 6) is -0.447. The third kappa shape index (κ3) is 5.71. The summed E-state index contributed by atoms with van der Waals surface area (Å²) in [7, 11) is 0. The highest BCUT2D eigenvalue weighted by molar-refractivity contribution is 8.04. The van der Waals surface area contributed by atoms with Gasteiger partial charge in [0.25, 0.3) is 0 Å². The predicted molar refractivity (Wildman–Crippen MR) is 52.5 cm³/mol. The second-order valence-corrected chi connectivity index (χ2v) is 3.98. The zero-order valence-corrected chi connectivity index (χ0v) is 8.49. The highest BCUT2D eigenvalue weighted by Crippen LogP contribution is 2.21. The number of carboxylic acids is 1. The van der Waals surface area contributed by atoms with Crippen LogP contribution in [0.25, 0.3) is 0 Å². The minimum atomic E-state index is -0.999. The molecule has 1 unspecified atom stereocenters. The molecule has 3 N–H and O–H groups in total. The van der Waals surface area contributed by atoms with E-state index in [2.05, 4.69) is 0 Å². The molecule has 0 aliphatic rings. The van der Waals surface area contributed by atoms with Crippen LogP contribution in [-0.4, -0.2) is 22.9 Å². The normalized spacial score (nSPS) is 14.4. The molecule has 0 saturated carbocycles. The van der Waals surface area contributed by atoms with E-state index in [1.165, 1.54) is 17.3 Å². The van der Waals surface area contributed by atoms with Crippen molar-refractivity contribution in [3.8, 4) is 0 Å². The lowest BCUT2D eigenvalue weighted by Crippen LogP contribution is -2.30. The molecular weight excluding hydrogens is 221 g/mol. The van der Waals surface area contributed by atoms with Crippen molar-refractivity contribution in [2.45, 2.75) is 12.5 Å². The number of hydrogen-bond acceptors (Lipinski definition) is 3. The van der Waals surface area contributed by atoms with Gasteiger partial charge in [-0.1, -0.05) is 23.2 Å². The van der Waals surface area contributed by atoms with Gasteiger partial charge < -0.3 is 10.8 Å². The zero-order valence-electron chi connectivity index (χ0n) is 6.17. The van der Waals surface area contributed by atoms with Gasteiger partial charge in [-0.3, -0.25) is 4.79 Å². The summed E-state index contributed by atoms with van der Waals surface area (Å²) in [6.07, 6.45) is 0.376. The lowest BCUT2D eigenvalue weighted by Gasteiger charge is -2.04. The minimum absolute atomic E-state index is 0.376. The number of rotatable bonds is 5. The Morgan fingerprint density at radius 1 is 1.75 bits per heavy atom. The van der Waals surface area contributed by atoms with E-state index < -0.39 is 12.0 Å². The topological polar surface area (TPSA) is 63.3 Å². The Bertz CT molecular complexity index is 186. The summed E-state index contributed by atoms with van der Waals surface area (Å²) in [5.41, 5.74) is 6.47. The Hall–Kier alpha value is 0.1000. The first-order valence-electron chi connectivity index (χ1n) is 3.15. The first-order chi connectivity index (χ1) is 5.57. The Kier molecular flexibility index (Phi) is 6.65. The van der Waals surface area contributed by atoms with Crippen LogP contribution in [0, 0.1) is 0 Å². The summed E-state index contributed by atoms with van der Waals surface area (Å²) in [6.45, 7) is 0. The second kappa shape index (κ2) is 6.60. The Balaban J connectivity index is 3.50. The van der Waals surface area contributed by atoms with Gasteiger partial charge in [0, 0.05) is 11.3 Å². The molecule has 0 radical (unpaired) electrons. The molecule has 0 aliphatic carbocycles. The molecule has 0 spiro atoms. The van der Waals surface area contributed by atoms with Gasteiger partial charge >= 0.3 is 5.97 Å². The van der Waals surface area contributed by atoms with Crippen molar-refractivity contribution in [2.24, 2.45) is 5.73 Å². The largest absolute Gasteiger partial charge is 0.480 e. The fourth-order valence-electron chi connectivity index (χ4n) is 0.438. The van der Waals surface area contributed by atoms with Crippen molar-refractivity contribution in [2.75, 3.05) is 5.75 Å². The average Bonchev–Trinajstić information content (AvgIpc) is 2.03. The molecule has 0 rings (SSSR count). The maximum Gasteiger partial charge on any atom is 0.320 e. The van der Waals surface area contributed by atoms with Crippen molar-refractivity contribution in [3.63, 3.8) is 0 Å². The fourth-order valence-corrected chi connectivity index (χ4v) is 1.49. The van der Waals surface area contributed by atoms with Crippen molar-refractivity contribution >= 4 is 40.9 Å². The molecule has 3 nitrogen and oxygen atoms in total. The molecule has 1 atom stereocenters. The van der Waals surface area contributed by atoms with Crippen molar-refractivity contribution < 1.29 is 9.90 Å². The molecule has 70 valence electrons. The van der Waals surface area contributed by atoms with Crippen molar-refractivity contribution in [1.29, 1.82) is 0 Å². The average molecular weight is 230 g/mol. The Morgan fingerprint density at radius 2 is 2.33 bits per heavy atom. The lowest BCUT2D eigenvalue weighted by molar-refractivity contribution is -0.138. The quantitative estimate of drug-likeness (QED) is 0.755. The third-order valence-corrected chi connectivity index (χ3v) is 2.80. The molecule has 0 aromatic rings. The Morgan fingerprint density at radius 3 is 2.75 bits per heavy atom. The number of carbonyl (C=O) groups is 1. The van der Waals surface area contributed by atoms with Crippen molar-refractivity contribution in [3.05, 3.63) is 9.90 Å². The van der Waals surface area contributed by atoms with E-state index >= 15 is 0 Å². The second-order valence-electron chi connectivity index (χ2n) is 2.00. The zero-order chi connectivity index (χ0) is 9.56. The molecule has 0 fully saturated rings. The number of halogens is 2. The molecule has 0 aliphatic heterocycles. The van der Waals surface area contributed by atoms with E-state index in [0.717, 1.165) is 0 Å². The highest BCUT2D eigenvalue weighted by Gasteiger charge is 2.10. The summed E-state index contributed by atoms with van der Waals surface area (Å²) < 4.78 is 0.439. The third-order valence-electron chi connectivity index (χ3n) is 1.07. The first kappa shape index (κ1) is 12.1. The van der Waals surface area contributed by atoms with E-state index in [9.17, 15) is 4.79 Å². The van der Waals surface area contributed by atoms with Crippen LogP contribution in [0.4, 0.5) is 0 Å². The van der Waals surface area contributed by atoms with Gasteiger partial charge in [-0.2, -0.15) is 0 Å². The van der Waals surface area contributed by atoms with E-state index in [1.54, 1.807) is 0 Å². The van der Waals surface area contributed by atoms with Crippen LogP contribution in [0.3, 0.4) is 0 Å². The molecular formula is C6H9Cl2NO2S. The monoisotopic (exact) mass is 229 g/mol. The van der Waals surface area contributed by atoms with Gasteiger partial charge in [0.2, 0.25) is 0 Å². The van der Waals surface area contributed by atoms with Gasteiger partial charge in [0.1, 0.15) is 6.04 Å². The molecule has 0 heterocycles. The van der Waals surface area contributed by atoms with Gasteiger partial charge in [0.15, 0.2) is 0 Å². The van der Waals surface area contributed by atoms with E-state index in [-0.39, 0.29) is 0 Å². The number of thioether (sulfide) groups is 1. The maximum atomic E-state index is 10.2. The van der Waals surface area contributed by atoms with E-state index in [1.807, 2.05) is 0 Å². The minimum Gasteiger partial charge on any atom is -0.480 e. The van der Waals surface area contributed by atoms with Crippen LogP contribution in [0.1, 0.15) is 6.42 Å². The van der Waals surface area contributed by atoms with Crippen LogP contribution in [0.15, 0.2) is 9.90 Å². The lowest BCUT2D eigenvalue weighted by atomic mass is 10.2. The SMILES string of the molecule is NC(CCS/C(Cl)=C/Cl)C(=O)O. The maximum absolute atomic E-state index is 10.2. The summed E-state index contributed by atoms with van der Waals surface area (Å²) >= 11 is 12.1. The van der Waals surface area contributed by atoms with Crippen molar-refractivity contribution in [1.82, 2.24) is 0 Å². The molecule has 0 aromatic carbocycles. The summed E-state index contributed by atoms with van der Waals surface area (Å²) in [4.78, 5) is 10.2. The van der Waals surface area contributed by atoms with Gasteiger partial charge in [-0.25, -0.2) is 0 Å². The van der Waals surface area contributed by atoms with E-state index in [4.69, 9.17) is 34.0 Å². The van der Waals surface area contributed by atoms with Gasteiger partial charge in [-0.15, -0.1) is 11.8 Å². The van der Waals surface area contributed by atoms with Crippen LogP contribution in [-0.2, 0) is 4.79 Å². The van der Waals surface area contributed by atoms with Gasteiger partial charge in [0.05, 0.1) is 4.36 Å². The van der Waals surface area contributed by atoms with Crippen LogP contribution < -0.4 is 5.73 Å². The molecule has 6 heteroatoms. The van der Waals surface area contributed by atoms with Crippen LogP contribution in [0.2, 0.25) is 0 Å². The van der Waals surface area contributed by atoms with Crippen LogP contribution in [0.5, 0.6) is 0 Å². The number of carboxylic acid groups (broad SMARTS) is 1. The molecule has 0 amide bonds. The molecule has 0 aromatic heterocycles.